The van der Waals surface area contributed by atoms with Crippen molar-refractivity contribution >= 4 is 17.7 Å². The van der Waals surface area contributed by atoms with Gasteiger partial charge in [0, 0.05) is 50.3 Å². The molecule has 2 bridgehead atoms. The number of amides is 1. The van der Waals surface area contributed by atoms with Crippen LogP contribution in [0.2, 0.25) is 0 Å². The van der Waals surface area contributed by atoms with Crippen LogP contribution in [0.1, 0.15) is 89.4 Å². The van der Waals surface area contributed by atoms with E-state index in [9.17, 15) is 4.79 Å². The van der Waals surface area contributed by atoms with Crippen molar-refractivity contribution < 1.29 is 9.53 Å². The van der Waals surface area contributed by atoms with Crippen molar-refractivity contribution in [1.82, 2.24) is 25.7 Å². The number of piperidine rings is 2. The molecule has 1 saturated carbocycles. The lowest BCUT2D eigenvalue weighted by molar-refractivity contribution is -0.141. The Morgan fingerprint density at radius 1 is 1.11 bits per heavy atom. The summed E-state index contributed by atoms with van der Waals surface area (Å²) in [4.78, 5) is 27.6. The fourth-order valence-electron chi connectivity index (χ4n) is 6.56. The molecular weight excluding hydrogens is 442 g/mol. The van der Waals surface area contributed by atoms with Gasteiger partial charge in [-0.2, -0.15) is 4.98 Å². The zero-order chi connectivity index (χ0) is 23.9. The molecule has 0 aromatic carbocycles. The maximum Gasteiger partial charge on any atom is 0.227 e. The quantitative estimate of drug-likeness (QED) is 0.545. The molecule has 9 nitrogen and oxygen atoms in total. The van der Waals surface area contributed by atoms with Crippen molar-refractivity contribution in [3.63, 3.8) is 0 Å². The first-order valence-corrected chi connectivity index (χ1v) is 13.9. The highest BCUT2D eigenvalue weighted by atomic mass is 16.5. The first-order valence-electron chi connectivity index (χ1n) is 13.9. The molecule has 1 amide bonds. The van der Waals surface area contributed by atoms with E-state index in [-0.39, 0.29) is 12.3 Å². The van der Waals surface area contributed by atoms with Crippen LogP contribution in [0.4, 0.5) is 11.8 Å². The Bertz CT molecular complexity index is 905. The fourth-order valence-corrected chi connectivity index (χ4v) is 6.56. The molecule has 4 unspecified atom stereocenters. The van der Waals surface area contributed by atoms with E-state index < -0.39 is 0 Å². The van der Waals surface area contributed by atoms with Gasteiger partial charge in [0.1, 0.15) is 5.82 Å². The zero-order valence-corrected chi connectivity index (χ0v) is 21.2. The van der Waals surface area contributed by atoms with Crippen molar-refractivity contribution in [3.05, 3.63) is 11.8 Å². The maximum absolute atomic E-state index is 13.1. The van der Waals surface area contributed by atoms with Crippen LogP contribution in [0.3, 0.4) is 0 Å². The molecule has 1 aromatic heterocycles. The van der Waals surface area contributed by atoms with Crippen molar-refractivity contribution in [1.29, 1.82) is 0 Å². The number of anilines is 2. The highest BCUT2D eigenvalue weighted by Crippen LogP contribution is 2.40. The SMILES string of the molecule is CC1CC(Nc2cc(C3CCCO3)nc(N(C)C3C[C@H]4CCC[C@@H](C3)N4C(=O)CC3CC3)n2)NN1. The molecule has 192 valence electrons. The lowest BCUT2D eigenvalue weighted by Crippen LogP contribution is -2.58. The molecule has 3 N–H and O–H groups in total. The summed E-state index contributed by atoms with van der Waals surface area (Å²) in [6.45, 7) is 2.97. The number of hydrogen-bond donors (Lipinski definition) is 3. The van der Waals surface area contributed by atoms with Crippen LogP contribution >= 0.6 is 0 Å². The number of nitrogens with zero attached hydrogens (tertiary/aromatic N) is 4. The molecule has 4 saturated heterocycles. The van der Waals surface area contributed by atoms with Crippen molar-refractivity contribution in [2.24, 2.45) is 5.92 Å². The Morgan fingerprint density at radius 2 is 1.91 bits per heavy atom. The van der Waals surface area contributed by atoms with Gasteiger partial charge in [-0.3, -0.25) is 10.2 Å². The second-order valence-electron chi connectivity index (χ2n) is 11.5. The molecule has 5 fully saturated rings. The summed E-state index contributed by atoms with van der Waals surface area (Å²) in [7, 11) is 2.14. The van der Waals surface area contributed by atoms with E-state index in [2.05, 4.69) is 46.0 Å². The average Bonchev–Trinajstić information content (AvgIpc) is 3.30. The van der Waals surface area contributed by atoms with Gasteiger partial charge in [-0.1, -0.05) is 0 Å². The molecule has 9 heteroatoms. The number of aromatic nitrogens is 2. The topological polar surface area (TPSA) is 94.7 Å². The Labute approximate surface area is 208 Å². The second kappa shape index (κ2) is 9.82. The largest absolute Gasteiger partial charge is 0.372 e. The number of ether oxygens (including phenoxy) is 1. The third-order valence-corrected chi connectivity index (χ3v) is 8.67. The minimum atomic E-state index is 0.0422. The third kappa shape index (κ3) is 5.13. The average molecular weight is 484 g/mol. The van der Waals surface area contributed by atoms with E-state index in [1.165, 1.54) is 19.3 Å². The molecule has 5 aliphatic rings. The monoisotopic (exact) mass is 483 g/mol. The predicted octanol–water partition coefficient (Wildman–Crippen LogP) is 3.10. The van der Waals surface area contributed by atoms with Gasteiger partial charge in [0.15, 0.2) is 0 Å². The van der Waals surface area contributed by atoms with Crippen LogP contribution in [-0.4, -0.2) is 64.8 Å². The lowest BCUT2D eigenvalue weighted by Gasteiger charge is -2.50. The molecule has 0 radical (unpaired) electrons. The van der Waals surface area contributed by atoms with Gasteiger partial charge in [0.05, 0.1) is 18.0 Å². The van der Waals surface area contributed by atoms with Gasteiger partial charge in [-0.05, 0) is 77.0 Å². The molecule has 1 aromatic rings. The normalized spacial score (nSPS) is 34.7. The molecule has 5 heterocycles. The third-order valence-electron chi connectivity index (χ3n) is 8.67. The predicted molar refractivity (Wildman–Crippen MR) is 135 cm³/mol. The van der Waals surface area contributed by atoms with Gasteiger partial charge >= 0.3 is 0 Å². The molecular formula is C26H41N7O2. The Kier molecular flexibility index (Phi) is 6.58. The molecule has 1 aliphatic carbocycles. The van der Waals surface area contributed by atoms with Crippen molar-refractivity contribution in [2.75, 3.05) is 23.9 Å². The number of carbonyl (C=O) groups excluding carboxylic acids is 1. The minimum absolute atomic E-state index is 0.0422. The van der Waals surface area contributed by atoms with Crippen LogP contribution in [0.5, 0.6) is 0 Å². The minimum Gasteiger partial charge on any atom is -0.372 e. The number of nitrogens with one attached hydrogen (secondary N) is 3. The summed E-state index contributed by atoms with van der Waals surface area (Å²) in [5.41, 5.74) is 7.56. The summed E-state index contributed by atoms with van der Waals surface area (Å²) in [5, 5.41) is 3.56. The van der Waals surface area contributed by atoms with E-state index in [0.29, 0.717) is 36.0 Å². The van der Waals surface area contributed by atoms with Crippen molar-refractivity contribution in [2.45, 2.75) is 114 Å². The van der Waals surface area contributed by atoms with Crippen LogP contribution in [0, 0.1) is 5.92 Å². The van der Waals surface area contributed by atoms with E-state index in [0.717, 1.165) is 75.4 Å². The number of fused-ring (bicyclic) bond motifs is 2. The van der Waals surface area contributed by atoms with E-state index in [1.54, 1.807) is 0 Å². The number of carbonyl (C=O) groups is 1. The standard InChI is InChI=1S/C26H41N7O2/c1-16-11-24(31-30-16)28-23-15-21(22-7-4-10-35-22)27-26(29-23)32(2)20-13-18-5-3-6-19(14-20)33(18)25(34)12-17-8-9-17/h15-20,22,24,30-31H,3-14H2,1-2H3,(H,27,28,29)/t16?,18-,19+,20?,22?,24?. The molecule has 6 rings (SSSR count). The summed E-state index contributed by atoms with van der Waals surface area (Å²) in [6.07, 6.45) is 12.0. The maximum atomic E-state index is 13.1. The van der Waals surface area contributed by atoms with Crippen LogP contribution in [-0.2, 0) is 9.53 Å². The van der Waals surface area contributed by atoms with Crippen LogP contribution in [0.25, 0.3) is 0 Å². The van der Waals surface area contributed by atoms with Crippen LogP contribution < -0.4 is 21.1 Å². The van der Waals surface area contributed by atoms with Gasteiger partial charge in [0.25, 0.3) is 0 Å². The van der Waals surface area contributed by atoms with Crippen LogP contribution in [0.15, 0.2) is 6.07 Å². The summed E-state index contributed by atoms with van der Waals surface area (Å²) < 4.78 is 5.99. The Morgan fingerprint density at radius 3 is 2.57 bits per heavy atom. The summed E-state index contributed by atoms with van der Waals surface area (Å²) in [5.74, 6) is 2.66. The molecule has 0 spiro atoms. The van der Waals surface area contributed by atoms with E-state index >= 15 is 0 Å². The Hall–Kier alpha value is -1.97. The van der Waals surface area contributed by atoms with E-state index in [4.69, 9.17) is 14.7 Å². The number of hydrazine groups is 1. The second-order valence-corrected chi connectivity index (χ2v) is 11.5. The lowest BCUT2D eigenvalue weighted by atomic mass is 9.81. The summed E-state index contributed by atoms with van der Waals surface area (Å²) in [6, 6.07) is 3.53. The number of hydrogen-bond acceptors (Lipinski definition) is 8. The highest BCUT2D eigenvalue weighted by Gasteiger charge is 2.43. The smallest absolute Gasteiger partial charge is 0.227 e. The number of rotatable bonds is 7. The first-order chi connectivity index (χ1) is 17.0. The van der Waals surface area contributed by atoms with Gasteiger partial charge in [-0.15, -0.1) is 0 Å². The first kappa shape index (κ1) is 23.4. The molecule has 4 aliphatic heterocycles. The van der Waals surface area contributed by atoms with E-state index in [1.807, 2.05) is 0 Å². The molecule has 35 heavy (non-hydrogen) atoms. The highest BCUT2D eigenvalue weighted by molar-refractivity contribution is 5.77. The molecule has 6 atom stereocenters. The summed E-state index contributed by atoms with van der Waals surface area (Å²) >= 11 is 0. The van der Waals surface area contributed by atoms with Gasteiger partial charge < -0.3 is 19.9 Å². The zero-order valence-electron chi connectivity index (χ0n) is 21.2. The van der Waals surface area contributed by atoms with Gasteiger partial charge in [-0.25, -0.2) is 10.4 Å². The Balaban J connectivity index is 1.21. The van der Waals surface area contributed by atoms with Gasteiger partial charge in [0.2, 0.25) is 11.9 Å². The fraction of sp³-hybridized carbons (Fsp3) is 0.808. The van der Waals surface area contributed by atoms with Crippen molar-refractivity contribution in [3.8, 4) is 0 Å².